The lowest BCUT2D eigenvalue weighted by Crippen LogP contribution is -2.45. The molecule has 3 rings (SSSR count). The minimum absolute atomic E-state index is 0.0625. The number of fused-ring (bicyclic) bond motifs is 1. The predicted octanol–water partition coefficient (Wildman–Crippen LogP) is 1.83. The fraction of sp³-hybridized carbons (Fsp3) is 0.833. The number of carbonyl (C=O) groups is 2. The number of rotatable bonds is 1. The Morgan fingerprint density at radius 3 is 2.38 bits per heavy atom. The molecule has 16 heavy (non-hydrogen) atoms. The van der Waals surface area contributed by atoms with Gasteiger partial charge in [-0.25, -0.2) is 4.79 Å². The van der Waals surface area contributed by atoms with Gasteiger partial charge >= 0.3 is 6.09 Å². The van der Waals surface area contributed by atoms with E-state index >= 15 is 0 Å². The standard InChI is InChI=1S/C12H19NO3/c1-7(14)10-8-5-9(10)13(6-8)11(15)16-12(2,3)4/h8-10H,5-6H2,1-4H3. The lowest BCUT2D eigenvalue weighted by molar-refractivity contribution is -0.125. The molecule has 1 aliphatic carbocycles. The maximum absolute atomic E-state index is 11.9. The Kier molecular flexibility index (Phi) is 2.48. The smallest absolute Gasteiger partial charge is 0.410 e. The molecule has 90 valence electrons. The van der Waals surface area contributed by atoms with Gasteiger partial charge in [0.1, 0.15) is 11.4 Å². The highest BCUT2D eigenvalue weighted by atomic mass is 16.6. The van der Waals surface area contributed by atoms with Gasteiger partial charge in [-0.1, -0.05) is 0 Å². The summed E-state index contributed by atoms with van der Waals surface area (Å²) in [4.78, 5) is 24.9. The molecular weight excluding hydrogens is 206 g/mol. The van der Waals surface area contributed by atoms with Crippen molar-refractivity contribution in [1.82, 2.24) is 4.90 Å². The maximum Gasteiger partial charge on any atom is 0.410 e. The van der Waals surface area contributed by atoms with Crippen molar-refractivity contribution < 1.29 is 14.3 Å². The quantitative estimate of drug-likeness (QED) is 0.684. The monoisotopic (exact) mass is 225 g/mol. The zero-order valence-corrected chi connectivity index (χ0v) is 10.3. The first-order valence-corrected chi connectivity index (χ1v) is 5.79. The third-order valence-corrected chi connectivity index (χ3v) is 3.40. The lowest BCUT2D eigenvalue weighted by Gasteiger charge is -2.34. The Balaban J connectivity index is 1.99. The first-order chi connectivity index (χ1) is 7.29. The van der Waals surface area contributed by atoms with E-state index in [9.17, 15) is 9.59 Å². The summed E-state index contributed by atoms with van der Waals surface area (Å²) in [7, 11) is 0. The van der Waals surface area contributed by atoms with Gasteiger partial charge in [-0.2, -0.15) is 0 Å². The molecule has 2 saturated heterocycles. The Bertz CT molecular complexity index is 332. The van der Waals surface area contributed by atoms with Crippen LogP contribution in [-0.2, 0) is 9.53 Å². The summed E-state index contributed by atoms with van der Waals surface area (Å²) in [5.41, 5.74) is -0.463. The first kappa shape index (κ1) is 11.4. The van der Waals surface area contributed by atoms with Crippen molar-refractivity contribution in [1.29, 1.82) is 0 Å². The Morgan fingerprint density at radius 2 is 1.94 bits per heavy atom. The molecule has 4 heteroatoms. The van der Waals surface area contributed by atoms with Gasteiger partial charge in [-0.15, -0.1) is 0 Å². The second-order valence-corrected chi connectivity index (χ2v) is 5.83. The molecule has 0 aromatic heterocycles. The summed E-state index contributed by atoms with van der Waals surface area (Å²) in [5.74, 6) is 0.634. The zero-order chi connectivity index (χ0) is 12.1. The number of carbonyl (C=O) groups excluding carboxylic acids is 2. The zero-order valence-electron chi connectivity index (χ0n) is 10.3. The van der Waals surface area contributed by atoms with Crippen molar-refractivity contribution in [3.63, 3.8) is 0 Å². The largest absolute Gasteiger partial charge is 0.444 e. The summed E-state index contributed by atoms with van der Waals surface area (Å²) in [6.45, 7) is 7.86. The van der Waals surface area contributed by atoms with Gasteiger partial charge in [0.15, 0.2) is 0 Å². The van der Waals surface area contributed by atoms with E-state index in [2.05, 4.69) is 0 Å². The summed E-state index contributed by atoms with van der Waals surface area (Å²) in [6, 6.07) is 0.0948. The van der Waals surface area contributed by atoms with Crippen LogP contribution in [0.2, 0.25) is 0 Å². The molecule has 3 atom stereocenters. The Morgan fingerprint density at radius 1 is 1.31 bits per heavy atom. The van der Waals surface area contributed by atoms with Crippen LogP contribution in [0, 0.1) is 11.8 Å². The average molecular weight is 225 g/mol. The van der Waals surface area contributed by atoms with E-state index in [0.717, 1.165) is 6.42 Å². The van der Waals surface area contributed by atoms with Crippen LogP contribution in [-0.4, -0.2) is 35.0 Å². The van der Waals surface area contributed by atoms with Gasteiger partial charge in [0.25, 0.3) is 0 Å². The molecule has 1 saturated carbocycles. The van der Waals surface area contributed by atoms with Crippen molar-refractivity contribution in [2.75, 3.05) is 6.54 Å². The predicted molar refractivity (Wildman–Crippen MR) is 59.0 cm³/mol. The van der Waals surface area contributed by atoms with Crippen LogP contribution in [0.25, 0.3) is 0 Å². The highest BCUT2D eigenvalue weighted by Gasteiger charge is 2.56. The fourth-order valence-electron chi connectivity index (χ4n) is 2.75. The van der Waals surface area contributed by atoms with Gasteiger partial charge in [-0.3, -0.25) is 4.79 Å². The number of ketones is 1. The van der Waals surface area contributed by atoms with E-state index in [0.29, 0.717) is 12.5 Å². The van der Waals surface area contributed by atoms with E-state index in [1.807, 2.05) is 20.8 Å². The molecule has 3 unspecified atom stereocenters. The maximum atomic E-state index is 11.9. The molecule has 0 N–H and O–H groups in total. The van der Waals surface area contributed by atoms with Crippen LogP contribution in [0.5, 0.6) is 0 Å². The fourth-order valence-corrected chi connectivity index (χ4v) is 2.75. The molecule has 0 spiro atoms. The van der Waals surface area contributed by atoms with Gasteiger partial charge in [0, 0.05) is 18.5 Å². The van der Waals surface area contributed by atoms with Gasteiger partial charge in [0.2, 0.25) is 0 Å². The van der Waals surface area contributed by atoms with Crippen molar-refractivity contribution >= 4 is 11.9 Å². The van der Waals surface area contributed by atoms with Crippen LogP contribution >= 0.6 is 0 Å². The van der Waals surface area contributed by atoms with Crippen molar-refractivity contribution in [3.8, 4) is 0 Å². The number of ether oxygens (including phenoxy) is 1. The van der Waals surface area contributed by atoms with Crippen LogP contribution in [0.3, 0.4) is 0 Å². The van der Waals surface area contributed by atoms with Crippen LogP contribution in [0.1, 0.15) is 34.1 Å². The first-order valence-electron chi connectivity index (χ1n) is 5.79. The van der Waals surface area contributed by atoms with Crippen molar-refractivity contribution in [3.05, 3.63) is 0 Å². The van der Waals surface area contributed by atoms with E-state index < -0.39 is 5.60 Å². The number of Topliss-reactive ketones (excluding diaryl/α,β-unsaturated/α-hetero) is 1. The molecule has 4 nitrogen and oxygen atoms in total. The van der Waals surface area contributed by atoms with E-state index in [4.69, 9.17) is 4.74 Å². The molecular formula is C12H19NO3. The topological polar surface area (TPSA) is 46.6 Å². The average Bonchev–Trinajstić information content (AvgIpc) is 2.53. The third-order valence-electron chi connectivity index (χ3n) is 3.40. The minimum atomic E-state index is -0.463. The summed E-state index contributed by atoms with van der Waals surface area (Å²) in [6.07, 6.45) is 0.687. The number of hydrogen-bond acceptors (Lipinski definition) is 3. The molecule has 3 aliphatic rings. The highest BCUT2D eigenvalue weighted by molar-refractivity contribution is 5.83. The van der Waals surface area contributed by atoms with E-state index in [1.54, 1.807) is 11.8 Å². The molecule has 0 aromatic carbocycles. The molecule has 0 radical (unpaired) electrons. The molecule has 0 aromatic rings. The van der Waals surface area contributed by atoms with Gasteiger partial charge in [0.05, 0.1) is 0 Å². The minimum Gasteiger partial charge on any atom is -0.444 e. The van der Waals surface area contributed by atoms with Crippen LogP contribution in [0.15, 0.2) is 0 Å². The third kappa shape index (κ3) is 1.81. The van der Waals surface area contributed by atoms with Gasteiger partial charge < -0.3 is 9.64 Å². The summed E-state index contributed by atoms with van der Waals surface area (Å²) in [5, 5.41) is 0. The molecule has 2 bridgehead atoms. The normalized spacial score (nSPS) is 32.2. The van der Waals surface area contributed by atoms with Crippen molar-refractivity contribution in [2.45, 2.75) is 45.8 Å². The van der Waals surface area contributed by atoms with Gasteiger partial charge in [-0.05, 0) is 40.0 Å². The Labute approximate surface area is 95.9 Å². The number of nitrogens with zero attached hydrogens (tertiary/aromatic N) is 1. The molecule has 2 heterocycles. The second-order valence-electron chi connectivity index (χ2n) is 5.83. The summed E-state index contributed by atoms with van der Waals surface area (Å²) < 4.78 is 5.32. The van der Waals surface area contributed by atoms with Crippen molar-refractivity contribution in [2.24, 2.45) is 11.8 Å². The molecule has 2 aliphatic heterocycles. The van der Waals surface area contributed by atoms with E-state index in [-0.39, 0.29) is 23.8 Å². The van der Waals surface area contributed by atoms with Crippen LogP contribution < -0.4 is 0 Å². The molecule has 3 fully saturated rings. The SMILES string of the molecule is CC(=O)C1C2CC1N(C(=O)OC(C)(C)C)C2. The van der Waals surface area contributed by atoms with Crippen LogP contribution in [0.4, 0.5) is 4.79 Å². The van der Waals surface area contributed by atoms with E-state index in [1.165, 1.54) is 0 Å². The lowest BCUT2D eigenvalue weighted by atomic mass is 9.72. The Hall–Kier alpha value is -1.06. The highest BCUT2D eigenvalue weighted by Crippen LogP contribution is 2.47. The number of amides is 1. The number of hydrogen-bond donors (Lipinski definition) is 0. The molecule has 1 amide bonds. The summed E-state index contributed by atoms with van der Waals surface area (Å²) >= 11 is 0. The second kappa shape index (κ2) is 3.47.